The monoisotopic (exact) mass is 140 g/mol. The molecule has 0 heterocycles. The van der Waals surface area contributed by atoms with Crippen LogP contribution < -0.4 is 0 Å². The lowest BCUT2D eigenvalue weighted by molar-refractivity contribution is 0.478. The van der Waals surface area contributed by atoms with E-state index in [-0.39, 0.29) is 0 Å². The van der Waals surface area contributed by atoms with Crippen LogP contribution in [0.2, 0.25) is 0 Å². The van der Waals surface area contributed by atoms with Gasteiger partial charge in [-0.15, -0.1) is 0 Å². The maximum Gasteiger partial charge on any atom is -0.0176 e. The number of rotatable bonds is 3. The first kappa shape index (κ1) is 9.74. The van der Waals surface area contributed by atoms with Gasteiger partial charge in [-0.25, -0.2) is 0 Å². The second-order valence-electron chi connectivity index (χ2n) is 3.96. The van der Waals surface area contributed by atoms with Crippen LogP contribution >= 0.6 is 0 Å². The van der Waals surface area contributed by atoms with Crippen LogP contribution in [0.15, 0.2) is 12.2 Å². The SMILES string of the molecule is C=C(CCCC)C(C)(C)C. The molecule has 0 rings (SSSR count). The van der Waals surface area contributed by atoms with Gasteiger partial charge in [-0.1, -0.05) is 46.3 Å². The summed E-state index contributed by atoms with van der Waals surface area (Å²) in [6.45, 7) is 13.0. The fourth-order valence-electron chi connectivity index (χ4n) is 0.765. The molecule has 0 aliphatic rings. The lowest BCUT2D eigenvalue weighted by atomic mass is 9.85. The lowest BCUT2D eigenvalue weighted by Gasteiger charge is -2.21. The van der Waals surface area contributed by atoms with Gasteiger partial charge in [0.25, 0.3) is 0 Å². The summed E-state index contributed by atoms with van der Waals surface area (Å²) >= 11 is 0. The summed E-state index contributed by atoms with van der Waals surface area (Å²) in [7, 11) is 0. The van der Waals surface area contributed by atoms with Crippen LogP contribution in [0, 0.1) is 5.41 Å². The van der Waals surface area contributed by atoms with Crippen LogP contribution in [-0.4, -0.2) is 0 Å². The van der Waals surface area contributed by atoms with Crippen LogP contribution in [-0.2, 0) is 0 Å². The van der Waals surface area contributed by atoms with Gasteiger partial charge in [0.05, 0.1) is 0 Å². The molecule has 0 aliphatic heterocycles. The minimum atomic E-state index is 0.315. The molecule has 0 saturated heterocycles. The molecule has 0 aromatic rings. The molecule has 0 radical (unpaired) electrons. The third-order valence-corrected chi connectivity index (χ3v) is 1.89. The molecule has 0 nitrogen and oxygen atoms in total. The van der Waals surface area contributed by atoms with Gasteiger partial charge in [0.15, 0.2) is 0 Å². The standard InChI is InChI=1S/C10H20/c1-6-7-8-9(2)10(3,4)5/h2,6-8H2,1,3-5H3. The van der Waals surface area contributed by atoms with Gasteiger partial charge in [-0.2, -0.15) is 0 Å². The Labute approximate surface area is 65.3 Å². The van der Waals surface area contributed by atoms with E-state index < -0.39 is 0 Å². The molecule has 10 heavy (non-hydrogen) atoms. The van der Waals surface area contributed by atoms with Crippen molar-refractivity contribution in [3.63, 3.8) is 0 Å². The Bertz CT molecular complexity index is 104. The summed E-state index contributed by atoms with van der Waals surface area (Å²) in [5.41, 5.74) is 1.70. The summed E-state index contributed by atoms with van der Waals surface area (Å²) in [6.07, 6.45) is 3.76. The Hall–Kier alpha value is -0.260. The van der Waals surface area contributed by atoms with Gasteiger partial charge in [-0.3, -0.25) is 0 Å². The molecule has 0 N–H and O–H groups in total. The Morgan fingerprint density at radius 2 is 1.80 bits per heavy atom. The molecule has 0 unspecified atom stereocenters. The predicted molar refractivity (Wildman–Crippen MR) is 48.1 cm³/mol. The zero-order valence-electron chi connectivity index (χ0n) is 7.83. The third-order valence-electron chi connectivity index (χ3n) is 1.89. The molecule has 0 aromatic carbocycles. The highest BCUT2D eigenvalue weighted by Gasteiger charge is 2.13. The lowest BCUT2D eigenvalue weighted by Crippen LogP contribution is -2.07. The Morgan fingerprint density at radius 3 is 2.10 bits per heavy atom. The van der Waals surface area contributed by atoms with Crippen LogP contribution in [0.4, 0.5) is 0 Å². The number of hydrogen-bond donors (Lipinski definition) is 0. The summed E-state index contributed by atoms with van der Waals surface area (Å²) in [5.74, 6) is 0. The molecule has 0 bridgehead atoms. The van der Waals surface area contributed by atoms with Gasteiger partial charge in [0.2, 0.25) is 0 Å². The van der Waals surface area contributed by atoms with E-state index in [0.29, 0.717) is 5.41 Å². The number of hydrogen-bond acceptors (Lipinski definition) is 0. The largest absolute Gasteiger partial charge is 0.0993 e. The number of unbranched alkanes of at least 4 members (excludes halogenated alkanes) is 1. The van der Waals surface area contributed by atoms with E-state index >= 15 is 0 Å². The van der Waals surface area contributed by atoms with Crippen molar-refractivity contribution in [2.75, 3.05) is 0 Å². The summed E-state index contributed by atoms with van der Waals surface area (Å²) in [4.78, 5) is 0. The van der Waals surface area contributed by atoms with E-state index in [1.807, 2.05) is 0 Å². The molecule has 0 saturated carbocycles. The molecule has 0 aliphatic carbocycles. The van der Waals surface area contributed by atoms with Crippen molar-refractivity contribution in [2.45, 2.75) is 47.0 Å². The van der Waals surface area contributed by atoms with E-state index in [2.05, 4.69) is 34.3 Å². The van der Waals surface area contributed by atoms with Crippen molar-refractivity contribution >= 4 is 0 Å². The molecule has 60 valence electrons. The van der Waals surface area contributed by atoms with Crippen LogP contribution in [0.25, 0.3) is 0 Å². The Balaban J connectivity index is 3.64. The molecular formula is C10H20. The van der Waals surface area contributed by atoms with E-state index in [1.54, 1.807) is 0 Å². The van der Waals surface area contributed by atoms with E-state index in [1.165, 1.54) is 24.8 Å². The topological polar surface area (TPSA) is 0 Å². The summed E-state index contributed by atoms with van der Waals surface area (Å²) in [5, 5.41) is 0. The first-order chi connectivity index (χ1) is 4.48. The summed E-state index contributed by atoms with van der Waals surface area (Å²) < 4.78 is 0. The molecule has 0 heteroatoms. The molecule has 0 atom stereocenters. The van der Waals surface area contributed by atoms with Gasteiger partial charge in [-0.05, 0) is 18.3 Å². The number of allylic oxidation sites excluding steroid dienone is 1. The molecule has 0 aromatic heterocycles. The normalized spacial score (nSPS) is 11.6. The zero-order chi connectivity index (χ0) is 8.20. The minimum absolute atomic E-state index is 0.315. The maximum absolute atomic E-state index is 4.06. The van der Waals surface area contributed by atoms with Crippen molar-refractivity contribution in [2.24, 2.45) is 5.41 Å². The second-order valence-corrected chi connectivity index (χ2v) is 3.96. The molecule has 0 spiro atoms. The fraction of sp³-hybridized carbons (Fsp3) is 0.800. The second kappa shape index (κ2) is 3.80. The van der Waals surface area contributed by atoms with E-state index in [0.717, 1.165) is 0 Å². The Kier molecular flexibility index (Phi) is 3.70. The first-order valence-corrected chi connectivity index (χ1v) is 4.16. The van der Waals surface area contributed by atoms with Crippen molar-refractivity contribution in [1.82, 2.24) is 0 Å². The highest BCUT2D eigenvalue weighted by molar-refractivity contribution is 5.04. The predicted octanol–water partition coefficient (Wildman–Crippen LogP) is 3.78. The van der Waals surface area contributed by atoms with Crippen molar-refractivity contribution in [1.29, 1.82) is 0 Å². The molecule has 0 amide bonds. The third kappa shape index (κ3) is 3.71. The minimum Gasteiger partial charge on any atom is -0.0993 e. The van der Waals surface area contributed by atoms with Gasteiger partial charge in [0, 0.05) is 0 Å². The van der Waals surface area contributed by atoms with Crippen LogP contribution in [0.3, 0.4) is 0 Å². The molecule has 0 fully saturated rings. The summed E-state index contributed by atoms with van der Waals surface area (Å²) in [6, 6.07) is 0. The maximum atomic E-state index is 4.06. The van der Waals surface area contributed by atoms with Crippen LogP contribution in [0.1, 0.15) is 47.0 Å². The van der Waals surface area contributed by atoms with Gasteiger partial charge in [0.1, 0.15) is 0 Å². The highest BCUT2D eigenvalue weighted by atomic mass is 14.2. The van der Waals surface area contributed by atoms with Crippen molar-refractivity contribution in [3.05, 3.63) is 12.2 Å². The average Bonchev–Trinajstić information content (AvgIpc) is 1.80. The fourth-order valence-corrected chi connectivity index (χ4v) is 0.765. The molecular weight excluding hydrogens is 120 g/mol. The van der Waals surface area contributed by atoms with Crippen molar-refractivity contribution in [3.8, 4) is 0 Å². The smallest absolute Gasteiger partial charge is 0.0176 e. The zero-order valence-corrected chi connectivity index (χ0v) is 7.83. The van der Waals surface area contributed by atoms with E-state index in [9.17, 15) is 0 Å². The van der Waals surface area contributed by atoms with Crippen molar-refractivity contribution < 1.29 is 0 Å². The first-order valence-electron chi connectivity index (χ1n) is 4.16. The van der Waals surface area contributed by atoms with Gasteiger partial charge < -0.3 is 0 Å². The van der Waals surface area contributed by atoms with Gasteiger partial charge >= 0.3 is 0 Å². The highest BCUT2D eigenvalue weighted by Crippen LogP contribution is 2.27. The quantitative estimate of drug-likeness (QED) is 0.523. The Morgan fingerprint density at radius 1 is 1.30 bits per heavy atom. The van der Waals surface area contributed by atoms with E-state index in [4.69, 9.17) is 0 Å². The van der Waals surface area contributed by atoms with Crippen LogP contribution in [0.5, 0.6) is 0 Å². The average molecular weight is 140 g/mol.